The Bertz CT molecular complexity index is 801. The van der Waals surface area contributed by atoms with Crippen molar-refractivity contribution in [3.8, 4) is 0 Å². The molecule has 0 amide bonds. The van der Waals surface area contributed by atoms with E-state index in [2.05, 4.69) is 15.3 Å². The average molecular weight is 332 g/mol. The SMILES string of the molecule is Fc1ccccc1CCN(F)C(=S)Nc1nc2ccccc2[nH]1. The molecule has 3 aromatic rings. The fourth-order valence-electron chi connectivity index (χ4n) is 2.20. The predicted molar refractivity (Wildman–Crippen MR) is 90.2 cm³/mol. The summed E-state index contributed by atoms with van der Waals surface area (Å²) >= 11 is 5.00. The number of aromatic amines is 1. The van der Waals surface area contributed by atoms with Gasteiger partial charge in [0.05, 0.1) is 17.6 Å². The van der Waals surface area contributed by atoms with Crippen molar-refractivity contribution in [2.75, 3.05) is 11.9 Å². The fourth-order valence-corrected chi connectivity index (χ4v) is 2.38. The van der Waals surface area contributed by atoms with E-state index >= 15 is 0 Å². The van der Waals surface area contributed by atoms with Crippen LogP contribution in [0.25, 0.3) is 11.0 Å². The molecule has 0 atom stereocenters. The van der Waals surface area contributed by atoms with Crippen LogP contribution in [-0.4, -0.2) is 26.7 Å². The van der Waals surface area contributed by atoms with Gasteiger partial charge in [-0.1, -0.05) is 34.8 Å². The third-order valence-corrected chi connectivity index (χ3v) is 3.67. The van der Waals surface area contributed by atoms with Crippen LogP contribution in [0, 0.1) is 5.82 Å². The van der Waals surface area contributed by atoms with Crippen molar-refractivity contribution in [1.29, 1.82) is 0 Å². The summed E-state index contributed by atoms with van der Waals surface area (Å²) in [6.45, 7) is -0.0486. The van der Waals surface area contributed by atoms with Crippen LogP contribution in [0.15, 0.2) is 48.5 Å². The number of hydrogen-bond donors (Lipinski definition) is 2. The first-order valence-corrected chi connectivity index (χ1v) is 7.47. The highest BCUT2D eigenvalue weighted by Crippen LogP contribution is 2.14. The van der Waals surface area contributed by atoms with Crippen LogP contribution in [0.4, 0.5) is 14.8 Å². The zero-order chi connectivity index (χ0) is 16.2. The van der Waals surface area contributed by atoms with Crippen LogP contribution in [0.1, 0.15) is 5.56 Å². The Kier molecular flexibility index (Phi) is 4.47. The minimum absolute atomic E-state index is 0.0486. The van der Waals surface area contributed by atoms with Gasteiger partial charge in [0.25, 0.3) is 0 Å². The quantitative estimate of drug-likeness (QED) is 0.563. The van der Waals surface area contributed by atoms with Crippen LogP contribution in [0.3, 0.4) is 0 Å². The molecule has 0 saturated heterocycles. The van der Waals surface area contributed by atoms with E-state index < -0.39 is 0 Å². The summed E-state index contributed by atoms with van der Waals surface area (Å²) in [5.41, 5.74) is 2.03. The predicted octanol–water partition coefficient (Wildman–Crippen LogP) is 3.83. The van der Waals surface area contributed by atoms with E-state index in [1.165, 1.54) is 6.07 Å². The Hall–Kier alpha value is -2.54. The van der Waals surface area contributed by atoms with Gasteiger partial charge in [0.1, 0.15) is 5.82 Å². The number of rotatable bonds is 4. The molecule has 0 radical (unpaired) electrons. The molecule has 0 aliphatic carbocycles. The second-order valence-electron chi connectivity index (χ2n) is 4.96. The molecule has 0 spiro atoms. The monoisotopic (exact) mass is 332 g/mol. The molecule has 0 unspecified atom stereocenters. The van der Waals surface area contributed by atoms with Gasteiger partial charge in [0.15, 0.2) is 0 Å². The fraction of sp³-hybridized carbons (Fsp3) is 0.125. The number of para-hydroxylation sites is 2. The molecule has 3 rings (SSSR count). The lowest BCUT2D eigenvalue weighted by atomic mass is 10.1. The van der Waals surface area contributed by atoms with Crippen LogP contribution in [-0.2, 0) is 6.42 Å². The Morgan fingerprint density at radius 2 is 1.91 bits per heavy atom. The second-order valence-corrected chi connectivity index (χ2v) is 5.35. The molecule has 1 aromatic heterocycles. The van der Waals surface area contributed by atoms with Gasteiger partial charge < -0.3 is 10.3 Å². The highest BCUT2D eigenvalue weighted by molar-refractivity contribution is 7.80. The number of benzene rings is 2. The third kappa shape index (κ3) is 3.62. The number of thiocarbonyl (C=S) groups is 1. The molecule has 2 aromatic carbocycles. The lowest BCUT2D eigenvalue weighted by molar-refractivity contribution is 0.126. The van der Waals surface area contributed by atoms with Crippen molar-refractivity contribution >= 4 is 34.3 Å². The molecule has 0 saturated carbocycles. The van der Waals surface area contributed by atoms with Gasteiger partial charge in [0, 0.05) is 0 Å². The van der Waals surface area contributed by atoms with Crippen molar-refractivity contribution < 1.29 is 8.87 Å². The molecule has 2 N–H and O–H groups in total. The normalized spacial score (nSPS) is 10.7. The summed E-state index contributed by atoms with van der Waals surface area (Å²) in [5, 5.41) is 2.95. The number of aromatic nitrogens is 2. The summed E-state index contributed by atoms with van der Waals surface area (Å²) in [7, 11) is 0. The summed E-state index contributed by atoms with van der Waals surface area (Å²) < 4.78 is 27.5. The highest BCUT2D eigenvalue weighted by Gasteiger charge is 2.12. The largest absolute Gasteiger partial charge is 0.324 e. The molecule has 0 fully saturated rings. The van der Waals surface area contributed by atoms with E-state index in [-0.39, 0.29) is 23.9 Å². The first-order valence-electron chi connectivity index (χ1n) is 7.06. The minimum Gasteiger partial charge on any atom is -0.324 e. The van der Waals surface area contributed by atoms with Gasteiger partial charge in [-0.05, 0) is 42.4 Å². The van der Waals surface area contributed by atoms with E-state index in [0.29, 0.717) is 16.6 Å². The Morgan fingerprint density at radius 1 is 1.17 bits per heavy atom. The number of nitrogens with zero attached hydrogens (tertiary/aromatic N) is 2. The van der Waals surface area contributed by atoms with Gasteiger partial charge in [-0.15, -0.1) is 0 Å². The van der Waals surface area contributed by atoms with Crippen molar-refractivity contribution in [3.05, 3.63) is 59.9 Å². The highest BCUT2D eigenvalue weighted by atomic mass is 32.1. The molecule has 23 heavy (non-hydrogen) atoms. The minimum atomic E-state index is -0.350. The van der Waals surface area contributed by atoms with Gasteiger partial charge in [-0.3, -0.25) is 0 Å². The van der Waals surface area contributed by atoms with E-state index in [1.807, 2.05) is 24.3 Å². The van der Waals surface area contributed by atoms with Gasteiger partial charge in [0.2, 0.25) is 11.1 Å². The Labute approximate surface area is 137 Å². The Morgan fingerprint density at radius 3 is 2.70 bits per heavy atom. The molecule has 4 nitrogen and oxygen atoms in total. The first kappa shape index (κ1) is 15.4. The van der Waals surface area contributed by atoms with Gasteiger partial charge in [-0.25, -0.2) is 9.37 Å². The van der Waals surface area contributed by atoms with E-state index in [1.54, 1.807) is 18.2 Å². The maximum absolute atomic E-state index is 14.0. The van der Waals surface area contributed by atoms with Gasteiger partial charge >= 0.3 is 0 Å². The molecule has 0 aliphatic heterocycles. The molecular weight excluding hydrogens is 318 g/mol. The number of halogens is 2. The lowest BCUT2D eigenvalue weighted by Gasteiger charge is -2.15. The molecular formula is C16H14F2N4S. The van der Waals surface area contributed by atoms with E-state index in [4.69, 9.17) is 12.2 Å². The molecule has 0 aliphatic rings. The second kappa shape index (κ2) is 6.70. The third-order valence-electron chi connectivity index (χ3n) is 3.37. The zero-order valence-electron chi connectivity index (χ0n) is 12.1. The standard InChI is InChI=1S/C16H14F2N4S/c17-12-6-2-1-5-11(12)9-10-22(18)16(23)21-15-19-13-7-3-4-8-14(13)20-15/h1-8H,9-10H2,(H2,19,20,21,23). The van der Waals surface area contributed by atoms with E-state index in [0.717, 1.165) is 11.0 Å². The van der Waals surface area contributed by atoms with Crippen LogP contribution >= 0.6 is 12.2 Å². The molecule has 118 valence electrons. The van der Waals surface area contributed by atoms with Crippen molar-refractivity contribution in [3.63, 3.8) is 0 Å². The van der Waals surface area contributed by atoms with E-state index in [9.17, 15) is 8.87 Å². The maximum Gasteiger partial charge on any atom is 0.207 e. The molecule has 0 bridgehead atoms. The summed E-state index contributed by atoms with van der Waals surface area (Å²) in [6.07, 6.45) is 0.213. The van der Waals surface area contributed by atoms with Crippen LogP contribution in [0.5, 0.6) is 0 Å². The summed E-state index contributed by atoms with van der Waals surface area (Å²) in [4.78, 5) is 7.26. The van der Waals surface area contributed by atoms with Crippen LogP contribution in [0.2, 0.25) is 0 Å². The topological polar surface area (TPSA) is 44.0 Å². The van der Waals surface area contributed by atoms with Crippen LogP contribution < -0.4 is 5.32 Å². The lowest BCUT2D eigenvalue weighted by Crippen LogP contribution is -2.30. The molecule has 1 heterocycles. The average Bonchev–Trinajstić information content (AvgIpc) is 2.96. The van der Waals surface area contributed by atoms with Crippen molar-refractivity contribution in [2.24, 2.45) is 0 Å². The number of anilines is 1. The smallest absolute Gasteiger partial charge is 0.207 e. The number of H-pyrrole nitrogens is 1. The Balaban J connectivity index is 1.60. The summed E-state index contributed by atoms with van der Waals surface area (Å²) in [6, 6.07) is 13.7. The zero-order valence-corrected chi connectivity index (χ0v) is 12.9. The van der Waals surface area contributed by atoms with Crippen molar-refractivity contribution in [1.82, 2.24) is 15.1 Å². The number of imidazole rings is 1. The number of fused-ring (bicyclic) bond motifs is 1. The molecule has 7 heteroatoms. The number of hydrogen-bond acceptors (Lipinski definition) is 2. The number of nitrogens with one attached hydrogen (secondary N) is 2. The first-order chi connectivity index (χ1) is 11.1. The maximum atomic E-state index is 14.0. The van der Waals surface area contributed by atoms with Gasteiger partial charge in [-0.2, -0.15) is 5.12 Å². The summed E-state index contributed by atoms with van der Waals surface area (Å²) in [5.74, 6) is 0.0156. The van der Waals surface area contributed by atoms with Crippen molar-refractivity contribution in [2.45, 2.75) is 6.42 Å².